The molecule has 0 aliphatic heterocycles. The average molecular weight is 466 g/mol. The molecule has 1 saturated carbocycles. The van der Waals surface area contributed by atoms with Gasteiger partial charge in [0.2, 0.25) is 0 Å². The van der Waals surface area contributed by atoms with Gasteiger partial charge in [0.1, 0.15) is 5.78 Å². The van der Waals surface area contributed by atoms with E-state index in [-0.39, 0.29) is 42.6 Å². The van der Waals surface area contributed by atoms with Crippen molar-refractivity contribution in [3.8, 4) is 0 Å². The van der Waals surface area contributed by atoms with Crippen molar-refractivity contribution < 1.29 is 33.0 Å². The van der Waals surface area contributed by atoms with E-state index >= 15 is 0 Å². The summed E-state index contributed by atoms with van der Waals surface area (Å²) in [5, 5.41) is 20.7. The Bertz CT molecular complexity index is 761. The summed E-state index contributed by atoms with van der Waals surface area (Å²) in [7, 11) is 0. The first-order valence-corrected chi connectivity index (χ1v) is 11.6. The Morgan fingerprint density at radius 1 is 1.40 bits per heavy atom. The fourth-order valence-electron chi connectivity index (χ4n) is 3.50. The van der Waals surface area contributed by atoms with Gasteiger partial charge in [-0.15, -0.1) is 11.3 Å². The number of hydrogen-bond donors (Lipinski definition) is 2. The number of rotatable bonds is 11. The Kier molecular flexibility index (Phi) is 8.93. The molecule has 2 rings (SSSR count). The van der Waals surface area contributed by atoms with Gasteiger partial charge in [-0.25, -0.2) is 9.78 Å². The largest absolute Gasteiger partial charge is 0.476 e. The molecular formula is C20H26F3NO4S2. The fraction of sp³-hybridized carbons (Fsp3) is 0.650. The highest BCUT2D eigenvalue weighted by Crippen LogP contribution is 2.35. The molecule has 0 radical (unpaired) electrons. The zero-order valence-corrected chi connectivity index (χ0v) is 18.3. The molecule has 1 unspecified atom stereocenters. The van der Waals surface area contributed by atoms with Crippen molar-refractivity contribution in [2.24, 2.45) is 11.8 Å². The quantitative estimate of drug-likeness (QED) is 0.338. The number of Topliss-reactive ketones (excluding diaryl/α,β-unsaturated/α-hetero) is 1. The lowest BCUT2D eigenvalue weighted by Crippen LogP contribution is -2.24. The zero-order valence-electron chi connectivity index (χ0n) is 16.7. The summed E-state index contributed by atoms with van der Waals surface area (Å²) in [6.45, 7) is 1.53. The van der Waals surface area contributed by atoms with Gasteiger partial charge in [0.15, 0.2) is 10.0 Å². The number of ketones is 1. The van der Waals surface area contributed by atoms with Gasteiger partial charge in [0.05, 0.1) is 5.60 Å². The minimum absolute atomic E-state index is 0.0162. The predicted molar refractivity (Wildman–Crippen MR) is 110 cm³/mol. The topological polar surface area (TPSA) is 87.5 Å². The molecule has 0 amide bonds. The maximum Gasteiger partial charge on any atom is 0.389 e. The van der Waals surface area contributed by atoms with Gasteiger partial charge in [0, 0.05) is 29.9 Å². The van der Waals surface area contributed by atoms with E-state index in [4.69, 9.17) is 5.11 Å². The van der Waals surface area contributed by atoms with Gasteiger partial charge in [-0.1, -0.05) is 23.9 Å². The van der Waals surface area contributed by atoms with Crippen LogP contribution in [-0.2, 0) is 4.79 Å². The van der Waals surface area contributed by atoms with Crippen molar-refractivity contribution in [3.05, 3.63) is 23.2 Å². The Balaban J connectivity index is 1.79. The maximum absolute atomic E-state index is 12.3. The highest BCUT2D eigenvalue weighted by Gasteiger charge is 2.33. The number of carbonyl (C=O) groups is 2. The molecule has 1 aliphatic rings. The maximum atomic E-state index is 12.3. The number of alkyl halides is 3. The summed E-state index contributed by atoms with van der Waals surface area (Å²) in [5.74, 6) is -0.323. The van der Waals surface area contributed by atoms with Gasteiger partial charge in [-0.3, -0.25) is 4.79 Å². The van der Waals surface area contributed by atoms with Crippen molar-refractivity contribution in [3.63, 3.8) is 0 Å². The number of aromatic nitrogens is 1. The second kappa shape index (κ2) is 10.8. The molecule has 0 aromatic carbocycles. The van der Waals surface area contributed by atoms with E-state index in [0.717, 1.165) is 6.42 Å². The third kappa shape index (κ3) is 8.39. The molecule has 168 valence electrons. The molecule has 0 spiro atoms. The minimum atomic E-state index is -4.21. The Morgan fingerprint density at radius 2 is 2.13 bits per heavy atom. The van der Waals surface area contributed by atoms with Gasteiger partial charge in [0.25, 0.3) is 0 Å². The molecule has 30 heavy (non-hydrogen) atoms. The second-order valence-electron chi connectivity index (χ2n) is 7.81. The van der Waals surface area contributed by atoms with E-state index in [1.165, 1.54) is 35.4 Å². The molecular weight excluding hydrogens is 439 g/mol. The average Bonchev–Trinajstić information content (AvgIpc) is 3.22. The third-order valence-corrected chi connectivity index (χ3v) is 7.18. The van der Waals surface area contributed by atoms with Crippen LogP contribution in [0.4, 0.5) is 13.2 Å². The molecule has 5 nitrogen and oxygen atoms in total. The number of carboxylic acid groups (broad SMARTS) is 1. The van der Waals surface area contributed by atoms with E-state index in [0.29, 0.717) is 22.9 Å². The molecule has 3 atom stereocenters. The van der Waals surface area contributed by atoms with Gasteiger partial charge in [-0.2, -0.15) is 13.2 Å². The molecule has 1 fully saturated rings. The standard InChI is InChI=1S/C20H26F3NO4S2/c1-19(28,9-3-10-20(21,22)23)8-2-4-13-5-6-16(25)14(13)7-11-29-18-24-15(12-30-18)17(26)27/h2,4,12-14,28H,3,5-11H2,1H3,(H,26,27)/b4-2+/t13-,14+,19?/m0/s1. The third-order valence-electron chi connectivity index (χ3n) is 5.13. The number of carbonyl (C=O) groups excluding carboxylic acids is 1. The van der Waals surface area contributed by atoms with Crippen LogP contribution in [0.25, 0.3) is 0 Å². The first kappa shape index (κ1) is 24.9. The summed E-state index contributed by atoms with van der Waals surface area (Å²) >= 11 is 2.68. The van der Waals surface area contributed by atoms with Crippen molar-refractivity contribution in [2.75, 3.05) is 5.75 Å². The van der Waals surface area contributed by atoms with Crippen LogP contribution in [0.3, 0.4) is 0 Å². The monoisotopic (exact) mass is 465 g/mol. The smallest absolute Gasteiger partial charge is 0.389 e. The molecule has 1 aromatic heterocycles. The van der Waals surface area contributed by atoms with E-state index in [9.17, 15) is 27.9 Å². The molecule has 1 aromatic rings. The normalized spacial score (nSPS) is 22.0. The Labute approximate surface area is 181 Å². The van der Waals surface area contributed by atoms with E-state index in [1.807, 2.05) is 6.08 Å². The van der Waals surface area contributed by atoms with Crippen LogP contribution >= 0.6 is 23.1 Å². The molecule has 0 bridgehead atoms. The molecule has 2 N–H and O–H groups in total. The van der Waals surface area contributed by atoms with Crippen LogP contribution in [0.1, 0.15) is 62.4 Å². The lowest BCUT2D eigenvalue weighted by molar-refractivity contribution is -0.137. The van der Waals surface area contributed by atoms with Gasteiger partial charge in [-0.05, 0) is 44.9 Å². The number of allylic oxidation sites excluding steroid dienone is 1. The molecule has 0 saturated heterocycles. The molecule has 1 heterocycles. The number of nitrogens with zero attached hydrogens (tertiary/aromatic N) is 1. The van der Waals surface area contributed by atoms with Crippen LogP contribution in [0.2, 0.25) is 0 Å². The van der Waals surface area contributed by atoms with Crippen LogP contribution in [-0.4, -0.2) is 44.5 Å². The predicted octanol–water partition coefficient (Wildman–Crippen LogP) is 5.35. The zero-order chi connectivity index (χ0) is 22.4. The van der Waals surface area contributed by atoms with E-state index < -0.39 is 24.2 Å². The van der Waals surface area contributed by atoms with Crippen LogP contribution in [0, 0.1) is 11.8 Å². The summed E-state index contributed by atoms with van der Waals surface area (Å²) in [5.41, 5.74) is -1.19. The molecule has 10 heteroatoms. The summed E-state index contributed by atoms with van der Waals surface area (Å²) < 4.78 is 37.4. The SMILES string of the molecule is CC(O)(C/C=C/[C@H]1CCC(=O)[C@@H]1CCSc1nc(C(=O)O)cs1)CCCC(F)(F)F. The number of thioether (sulfide) groups is 1. The van der Waals surface area contributed by atoms with Crippen LogP contribution < -0.4 is 0 Å². The number of thiazole rings is 1. The highest BCUT2D eigenvalue weighted by atomic mass is 32.2. The molecule has 1 aliphatic carbocycles. The Morgan fingerprint density at radius 3 is 2.77 bits per heavy atom. The number of halogens is 3. The lowest BCUT2D eigenvalue weighted by Gasteiger charge is -2.22. The highest BCUT2D eigenvalue weighted by molar-refractivity contribution is 8.01. The van der Waals surface area contributed by atoms with Gasteiger partial charge >= 0.3 is 12.1 Å². The van der Waals surface area contributed by atoms with Gasteiger partial charge < -0.3 is 10.2 Å². The Hall–Kier alpha value is -1.39. The second-order valence-corrected chi connectivity index (χ2v) is 10.0. The number of hydrogen-bond acceptors (Lipinski definition) is 6. The van der Waals surface area contributed by atoms with Crippen LogP contribution in [0.15, 0.2) is 21.9 Å². The number of aliphatic hydroxyl groups is 1. The van der Waals surface area contributed by atoms with Crippen molar-refractivity contribution in [2.45, 2.75) is 68.0 Å². The fourth-order valence-corrected chi connectivity index (χ4v) is 5.40. The van der Waals surface area contributed by atoms with E-state index in [2.05, 4.69) is 4.98 Å². The first-order chi connectivity index (χ1) is 14.0. The van der Waals surface area contributed by atoms with Crippen molar-refractivity contribution in [1.29, 1.82) is 0 Å². The number of carboxylic acids is 1. The van der Waals surface area contributed by atoms with Crippen molar-refractivity contribution in [1.82, 2.24) is 4.98 Å². The summed E-state index contributed by atoms with van der Waals surface area (Å²) in [6, 6.07) is 0. The van der Waals surface area contributed by atoms with E-state index in [1.54, 1.807) is 6.08 Å². The summed E-state index contributed by atoms with van der Waals surface area (Å²) in [4.78, 5) is 27.1. The van der Waals surface area contributed by atoms with Crippen molar-refractivity contribution >= 4 is 34.9 Å². The summed E-state index contributed by atoms with van der Waals surface area (Å²) in [6.07, 6.45) is 0.608. The van der Waals surface area contributed by atoms with Crippen LogP contribution in [0.5, 0.6) is 0 Å². The first-order valence-electron chi connectivity index (χ1n) is 9.77. The lowest BCUT2D eigenvalue weighted by atomic mass is 9.90. The number of aromatic carboxylic acids is 1. The minimum Gasteiger partial charge on any atom is -0.476 e.